The zero-order valence-corrected chi connectivity index (χ0v) is 24.3. The molecule has 8 heteroatoms. The van der Waals surface area contributed by atoms with Gasteiger partial charge in [0.1, 0.15) is 11.8 Å². The molecule has 0 radical (unpaired) electrons. The van der Waals surface area contributed by atoms with Crippen LogP contribution in [0.5, 0.6) is 5.75 Å². The van der Waals surface area contributed by atoms with Crippen molar-refractivity contribution >= 4 is 46.8 Å². The number of carbonyl (C=O) groups excluding carboxylic acids is 2. The summed E-state index contributed by atoms with van der Waals surface area (Å²) in [4.78, 5) is 29.0. The molecule has 2 atom stereocenters. The number of hydrogen-bond donors (Lipinski definition) is 1. The SMILES string of the molecule is CC[C@@H](C)NC(=O)[C@@H](Cc1ccccc1)N(Cc1cccc(OC)c1)C(=O)CSCc1ccc(Cl)cc1Cl. The minimum absolute atomic E-state index is 0.00373. The fourth-order valence-corrected chi connectivity index (χ4v) is 5.40. The van der Waals surface area contributed by atoms with Gasteiger partial charge in [-0.05, 0) is 54.3 Å². The Labute approximate surface area is 239 Å². The second-order valence-corrected chi connectivity index (χ2v) is 11.0. The average Bonchev–Trinajstić information content (AvgIpc) is 2.92. The number of amides is 2. The van der Waals surface area contributed by atoms with E-state index in [0.29, 0.717) is 28.0 Å². The van der Waals surface area contributed by atoms with Crippen molar-refractivity contribution in [3.05, 3.63) is 99.5 Å². The van der Waals surface area contributed by atoms with Crippen molar-refractivity contribution in [2.75, 3.05) is 12.9 Å². The highest BCUT2D eigenvalue weighted by atomic mass is 35.5. The molecule has 0 heterocycles. The average molecular weight is 574 g/mol. The van der Waals surface area contributed by atoms with Crippen molar-refractivity contribution < 1.29 is 14.3 Å². The van der Waals surface area contributed by atoms with E-state index >= 15 is 0 Å². The smallest absolute Gasteiger partial charge is 0.243 e. The molecule has 0 bridgehead atoms. The van der Waals surface area contributed by atoms with Crippen LogP contribution in [0.25, 0.3) is 0 Å². The van der Waals surface area contributed by atoms with Crippen LogP contribution in [0.3, 0.4) is 0 Å². The van der Waals surface area contributed by atoms with E-state index in [4.69, 9.17) is 27.9 Å². The van der Waals surface area contributed by atoms with Gasteiger partial charge in [0.25, 0.3) is 0 Å². The van der Waals surface area contributed by atoms with Gasteiger partial charge in [0, 0.05) is 34.8 Å². The van der Waals surface area contributed by atoms with Crippen LogP contribution >= 0.6 is 35.0 Å². The molecular formula is C30H34Cl2N2O3S. The van der Waals surface area contributed by atoms with Crippen molar-refractivity contribution in [3.63, 3.8) is 0 Å². The van der Waals surface area contributed by atoms with Gasteiger partial charge >= 0.3 is 0 Å². The van der Waals surface area contributed by atoms with Gasteiger partial charge in [-0.1, -0.05) is 78.7 Å². The summed E-state index contributed by atoms with van der Waals surface area (Å²) in [5.41, 5.74) is 2.78. The molecule has 0 spiro atoms. The lowest BCUT2D eigenvalue weighted by Crippen LogP contribution is -2.52. The third kappa shape index (κ3) is 8.97. The fourth-order valence-electron chi connectivity index (χ4n) is 3.93. The van der Waals surface area contributed by atoms with Crippen molar-refractivity contribution in [2.24, 2.45) is 0 Å². The van der Waals surface area contributed by atoms with E-state index in [9.17, 15) is 9.59 Å². The van der Waals surface area contributed by atoms with Crippen LogP contribution in [0.15, 0.2) is 72.8 Å². The number of hydrogen-bond acceptors (Lipinski definition) is 4. The molecule has 0 aromatic heterocycles. The normalized spacial score (nSPS) is 12.4. The summed E-state index contributed by atoms with van der Waals surface area (Å²) >= 11 is 13.8. The highest BCUT2D eigenvalue weighted by molar-refractivity contribution is 7.99. The van der Waals surface area contributed by atoms with Gasteiger partial charge < -0.3 is 15.0 Å². The standard InChI is InChI=1S/C30H34Cl2N2O3S/c1-4-21(2)33-30(36)28(16-22-9-6-5-7-10-22)34(18-23-11-8-12-26(15-23)37-3)29(35)20-38-19-24-13-14-25(31)17-27(24)32/h5-15,17,21,28H,4,16,18-20H2,1-3H3,(H,33,36)/t21-,28-/m1/s1. The van der Waals surface area contributed by atoms with Gasteiger partial charge in [0.15, 0.2) is 0 Å². The van der Waals surface area contributed by atoms with Crippen molar-refractivity contribution in [1.29, 1.82) is 0 Å². The van der Waals surface area contributed by atoms with Crippen molar-refractivity contribution in [3.8, 4) is 5.75 Å². The molecule has 5 nitrogen and oxygen atoms in total. The number of ether oxygens (including phenoxy) is 1. The van der Waals surface area contributed by atoms with Gasteiger partial charge in [-0.15, -0.1) is 11.8 Å². The lowest BCUT2D eigenvalue weighted by molar-refractivity contribution is -0.139. The molecular weight excluding hydrogens is 539 g/mol. The first-order chi connectivity index (χ1) is 18.3. The first kappa shape index (κ1) is 29.9. The number of halogens is 2. The van der Waals surface area contributed by atoms with Crippen LogP contribution in [-0.2, 0) is 28.3 Å². The summed E-state index contributed by atoms with van der Waals surface area (Å²) in [6.07, 6.45) is 1.21. The molecule has 1 N–H and O–H groups in total. The summed E-state index contributed by atoms with van der Waals surface area (Å²) in [6, 6.07) is 22.0. The van der Waals surface area contributed by atoms with Crippen LogP contribution in [0.2, 0.25) is 10.0 Å². The number of benzene rings is 3. The number of carbonyl (C=O) groups is 2. The third-order valence-electron chi connectivity index (χ3n) is 6.26. The summed E-state index contributed by atoms with van der Waals surface area (Å²) in [6.45, 7) is 4.27. The lowest BCUT2D eigenvalue weighted by Gasteiger charge is -2.32. The molecule has 0 aliphatic rings. The first-order valence-electron chi connectivity index (χ1n) is 12.6. The van der Waals surface area contributed by atoms with Crippen LogP contribution in [0, 0.1) is 0 Å². The molecule has 3 rings (SSSR count). The van der Waals surface area contributed by atoms with Crippen LogP contribution in [0.4, 0.5) is 0 Å². The maximum absolute atomic E-state index is 13.8. The predicted molar refractivity (Wildman–Crippen MR) is 158 cm³/mol. The van der Waals surface area contributed by atoms with Gasteiger partial charge in [-0.25, -0.2) is 0 Å². The number of methoxy groups -OCH3 is 1. The molecule has 0 saturated heterocycles. The molecule has 0 aliphatic carbocycles. The minimum atomic E-state index is -0.676. The molecule has 38 heavy (non-hydrogen) atoms. The monoisotopic (exact) mass is 572 g/mol. The predicted octanol–water partition coefficient (Wildman–Crippen LogP) is 6.79. The Morgan fingerprint density at radius 3 is 2.42 bits per heavy atom. The molecule has 0 saturated carbocycles. The molecule has 0 unspecified atom stereocenters. The second kappa shape index (κ2) is 15.1. The summed E-state index contributed by atoms with van der Waals surface area (Å²) in [7, 11) is 1.61. The maximum Gasteiger partial charge on any atom is 0.243 e. The number of rotatable bonds is 13. The minimum Gasteiger partial charge on any atom is -0.497 e. The quantitative estimate of drug-likeness (QED) is 0.245. The highest BCUT2D eigenvalue weighted by Gasteiger charge is 2.31. The van der Waals surface area contributed by atoms with Crippen LogP contribution in [-0.4, -0.2) is 41.7 Å². The van der Waals surface area contributed by atoms with E-state index < -0.39 is 6.04 Å². The first-order valence-corrected chi connectivity index (χ1v) is 14.5. The lowest BCUT2D eigenvalue weighted by atomic mass is 10.0. The Morgan fingerprint density at radius 1 is 1.00 bits per heavy atom. The molecule has 0 aliphatic heterocycles. The largest absolute Gasteiger partial charge is 0.497 e. The molecule has 3 aromatic carbocycles. The zero-order chi connectivity index (χ0) is 27.5. The van der Waals surface area contributed by atoms with Gasteiger partial charge in [-0.3, -0.25) is 9.59 Å². The Bertz CT molecular complexity index is 1210. The van der Waals surface area contributed by atoms with E-state index in [2.05, 4.69) is 5.32 Å². The van der Waals surface area contributed by atoms with E-state index in [1.54, 1.807) is 24.1 Å². The van der Waals surface area contributed by atoms with Gasteiger partial charge in [0.2, 0.25) is 11.8 Å². The molecule has 202 valence electrons. The van der Waals surface area contributed by atoms with E-state index in [1.165, 1.54) is 11.8 Å². The van der Waals surface area contributed by atoms with E-state index in [1.807, 2.05) is 74.5 Å². The van der Waals surface area contributed by atoms with Crippen molar-refractivity contribution in [2.45, 2.75) is 51.1 Å². The van der Waals surface area contributed by atoms with Crippen LogP contribution < -0.4 is 10.1 Å². The summed E-state index contributed by atoms with van der Waals surface area (Å²) in [5, 5.41) is 4.23. The molecule has 3 aromatic rings. The van der Waals surface area contributed by atoms with Gasteiger partial charge in [0.05, 0.1) is 12.9 Å². The molecule has 0 fully saturated rings. The Kier molecular flexibility index (Phi) is 11.8. The number of nitrogens with zero attached hydrogens (tertiary/aromatic N) is 1. The maximum atomic E-state index is 13.8. The molecule has 2 amide bonds. The fraction of sp³-hybridized carbons (Fsp3) is 0.333. The van der Waals surface area contributed by atoms with Crippen molar-refractivity contribution in [1.82, 2.24) is 10.2 Å². The third-order valence-corrected chi connectivity index (χ3v) is 7.81. The van der Waals surface area contributed by atoms with Crippen LogP contribution in [0.1, 0.15) is 37.0 Å². The highest BCUT2D eigenvalue weighted by Crippen LogP contribution is 2.26. The summed E-state index contributed by atoms with van der Waals surface area (Å²) < 4.78 is 5.39. The van der Waals surface area contributed by atoms with E-state index in [-0.39, 0.29) is 30.2 Å². The summed E-state index contributed by atoms with van der Waals surface area (Å²) in [5.74, 6) is 1.17. The number of nitrogens with one attached hydrogen (secondary N) is 1. The van der Waals surface area contributed by atoms with E-state index in [0.717, 1.165) is 23.1 Å². The Balaban J connectivity index is 1.88. The topological polar surface area (TPSA) is 58.6 Å². The second-order valence-electron chi connectivity index (χ2n) is 9.13. The van der Waals surface area contributed by atoms with Gasteiger partial charge in [-0.2, -0.15) is 0 Å². The zero-order valence-electron chi connectivity index (χ0n) is 22.0. The Morgan fingerprint density at radius 2 is 1.74 bits per heavy atom. The number of thioether (sulfide) groups is 1. The Hall–Kier alpha value is -2.67.